The fraction of sp³-hybridized carbons (Fsp3) is 0.500. The minimum absolute atomic E-state index is 0.00423. The minimum Gasteiger partial charge on any atom is -0.444 e. The van der Waals surface area contributed by atoms with Gasteiger partial charge in [-0.3, -0.25) is 14.6 Å². The summed E-state index contributed by atoms with van der Waals surface area (Å²) >= 11 is 0. The number of ether oxygens (including phenoxy) is 1. The molecular formula is C28H35FN4O4. The van der Waals surface area contributed by atoms with Crippen LogP contribution in [0.4, 0.5) is 9.18 Å². The van der Waals surface area contributed by atoms with Crippen LogP contribution in [0.2, 0.25) is 0 Å². The zero-order chi connectivity index (χ0) is 26.6. The van der Waals surface area contributed by atoms with Crippen LogP contribution in [0.3, 0.4) is 0 Å². The first-order chi connectivity index (χ1) is 17.6. The lowest BCUT2D eigenvalue weighted by atomic mass is 10.0. The van der Waals surface area contributed by atoms with Gasteiger partial charge in [-0.25, -0.2) is 9.18 Å². The Kier molecular flexibility index (Phi) is 8.10. The van der Waals surface area contributed by atoms with Crippen LogP contribution >= 0.6 is 0 Å². The average molecular weight is 511 g/mol. The van der Waals surface area contributed by atoms with Crippen LogP contribution < -0.4 is 10.6 Å². The van der Waals surface area contributed by atoms with Gasteiger partial charge in [-0.2, -0.15) is 0 Å². The SMILES string of the molecule is CC(C)(C)OC(=O)NC1CCN(C(=O)[C@H]2CC[C@@H](NC(=O)c3ccc(-c4cccc(F)c4)nc3)C2)CC1. The molecule has 3 amide bonds. The minimum atomic E-state index is -0.544. The number of hydrogen-bond acceptors (Lipinski definition) is 5. The molecule has 8 nitrogen and oxygen atoms in total. The second kappa shape index (κ2) is 11.3. The van der Waals surface area contributed by atoms with Gasteiger partial charge in [0.15, 0.2) is 0 Å². The first-order valence-electron chi connectivity index (χ1n) is 12.9. The van der Waals surface area contributed by atoms with E-state index in [2.05, 4.69) is 15.6 Å². The summed E-state index contributed by atoms with van der Waals surface area (Å²) in [5.41, 5.74) is 1.12. The molecule has 0 bridgehead atoms. The molecule has 1 saturated heterocycles. The van der Waals surface area contributed by atoms with E-state index in [1.54, 1.807) is 24.3 Å². The summed E-state index contributed by atoms with van der Waals surface area (Å²) < 4.78 is 18.8. The van der Waals surface area contributed by atoms with Crippen molar-refractivity contribution in [1.29, 1.82) is 0 Å². The number of nitrogens with zero attached hydrogens (tertiary/aromatic N) is 2. The van der Waals surface area contributed by atoms with Crippen LogP contribution in [-0.4, -0.2) is 58.6 Å². The van der Waals surface area contributed by atoms with Crippen molar-refractivity contribution in [3.63, 3.8) is 0 Å². The molecule has 0 unspecified atom stereocenters. The number of likely N-dealkylation sites (tertiary alicyclic amines) is 1. The molecule has 37 heavy (non-hydrogen) atoms. The molecule has 2 fully saturated rings. The van der Waals surface area contributed by atoms with Gasteiger partial charge >= 0.3 is 6.09 Å². The van der Waals surface area contributed by atoms with Gasteiger partial charge in [0.05, 0.1) is 11.3 Å². The Hall–Kier alpha value is -3.49. The molecule has 1 aromatic carbocycles. The third-order valence-electron chi connectivity index (χ3n) is 6.79. The molecule has 9 heteroatoms. The van der Waals surface area contributed by atoms with E-state index in [1.807, 2.05) is 25.7 Å². The first kappa shape index (κ1) is 26.6. The van der Waals surface area contributed by atoms with Crippen molar-refractivity contribution in [2.24, 2.45) is 5.92 Å². The summed E-state index contributed by atoms with van der Waals surface area (Å²) in [6.45, 7) is 6.67. The summed E-state index contributed by atoms with van der Waals surface area (Å²) in [5, 5.41) is 5.92. The molecule has 2 aromatic rings. The first-order valence-corrected chi connectivity index (χ1v) is 12.9. The number of hydrogen-bond donors (Lipinski definition) is 2. The predicted octanol–water partition coefficient (Wildman–Crippen LogP) is 4.30. The number of benzene rings is 1. The van der Waals surface area contributed by atoms with E-state index < -0.39 is 11.7 Å². The molecule has 2 N–H and O–H groups in total. The van der Waals surface area contributed by atoms with Crippen molar-refractivity contribution in [1.82, 2.24) is 20.5 Å². The van der Waals surface area contributed by atoms with Gasteiger partial charge in [0.2, 0.25) is 5.91 Å². The molecule has 0 radical (unpaired) electrons. The number of carbonyl (C=O) groups excluding carboxylic acids is 3. The normalized spacial score (nSPS) is 20.4. The number of halogens is 1. The third-order valence-corrected chi connectivity index (χ3v) is 6.79. The Morgan fingerprint density at radius 2 is 1.76 bits per heavy atom. The molecule has 198 valence electrons. The Balaban J connectivity index is 1.22. The van der Waals surface area contributed by atoms with E-state index in [4.69, 9.17) is 4.74 Å². The van der Waals surface area contributed by atoms with Crippen molar-refractivity contribution >= 4 is 17.9 Å². The van der Waals surface area contributed by atoms with Crippen molar-refractivity contribution in [2.45, 2.75) is 70.6 Å². The molecule has 1 saturated carbocycles. The molecule has 1 aliphatic heterocycles. The zero-order valence-corrected chi connectivity index (χ0v) is 21.6. The van der Waals surface area contributed by atoms with E-state index >= 15 is 0 Å². The molecule has 0 spiro atoms. The van der Waals surface area contributed by atoms with E-state index in [9.17, 15) is 18.8 Å². The predicted molar refractivity (Wildman–Crippen MR) is 137 cm³/mol. The summed E-state index contributed by atoms with van der Waals surface area (Å²) in [6.07, 6.45) is 4.53. The number of carbonyl (C=O) groups is 3. The number of aromatic nitrogens is 1. The maximum atomic E-state index is 13.5. The van der Waals surface area contributed by atoms with E-state index in [1.165, 1.54) is 18.3 Å². The Bertz CT molecular complexity index is 1120. The van der Waals surface area contributed by atoms with Crippen LogP contribution in [0.1, 0.15) is 63.2 Å². The Morgan fingerprint density at radius 3 is 2.41 bits per heavy atom. The number of nitrogens with one attached hydrogen (secondary N) is 2. The summed E-state index contributed by atoms with van der Waals surface area (Å²) in [4.78, 5) is 44.0. The molecule has 2 atom stereocenters. The van der Waals surface area contributed by atoms with Crippen LogP contribution in [0, 0.1) is 11.7 Å². The van der Waals surface area contributed by atoms with Crippen molar-refractivity contribution < 1.29 is 23.5 Å². The van der Waals surface area contributed by atoms with Gasteiger partial charge in [0, 0.05) is 42.9 Å². The topological polar surface area (TPSA) is 101 Å². The molecule has 2 aliphatic rings. The zero-order valence-electron chi connectivity index (χ0n) is 21.6. The molecule has 1 aromatic heterocycles. The quantitative estimate of drug-likeness (QED) is 0.625. The van der Waals surface area contributed by atoms with Gasteiger partial charge < -0.3 is 20.3 Å². The van der Waals surface area contributed by atoms with Gasteiger partial charge in [-0.05, 0) is 77.1 Å². The summed E-state index contributed by atoms with van der Waals surface area (Å²) in [5.74, 6) is -0.568. The van der Waals surface area contributed by atoms with Gasteiger partial charge in [0.1, 0.15) is 11.4 Å². The highest BCUT2D eigenvalue weighted by atomic mass is 19.1. The smallest absolute Gasteiger partial charge is 0.407 e. The fourth-order valence-electron chi connectivity index (χ4n) is 4.93. The fourth-order valence-corrected chi connectivity index (χ4v) is 4.93. The lowest BCUT2D eigenvalue weighted by Crippen LogP contribution is -2.48. The van der Waals surface area contributed by atoms with Crippen LogP contribution in [0.15, 0.2) is 42.6 Å². The number of piperidine rings is 1. The highest BCUT2D eigenvalue weighted by Crippen LogP contribution is 2.29. The van der Waals surface area contributed by atoms with Crippen molar-refractivity contribution in [3.8, 4) is 11.3 Å². The van der Waals surface area contributed by atoms with Crippen molar-refractivity contribution in [2.75, 3.05) is 13.1 Å². The largest absolute Gasteiger partial charge is 0.444 e. The number of rotatable bonds is 5. The average Bonchev–Trinajstić information content (AvgIpc) is 3.31. The van der Waals surface area contributed by atoms with Crippen LogP contribution in [0.5, 0.6) is 0 Å². The lowest BCUT2D eigenvalue weighted by molar-refractivity contribution is -0.136. The standard InChI is InChI=1S/C28H35FN4O4/c1-28(2,3)37-27(36)32-22-11-13-33(14-12-22)26(35)19-7-9-23(16-19)31-25(34)20-8-10-24(30-17-20)18-5-4-6-21(29)15-18/h4-6,8,10,15,17,19,22-23H,7,9,11-14,16H2,1-3H3,(H,31,34)(H,32,36)/t19-,23+/m0/s1. The lowest BCUT2D eigenvalue weighted by Gasteiger charge is -2.34. The van der Waals surface area contributed by atoms with E-state index in [0.29, 0.717) is 49.2 Å². The Labute approximate surface area is 217 Å². The van der Waals surface area contributed by atoms with E-state index in [0.717, 1.165) is 12.8 Å². The molecular weight excluding hydrogens is 475 g/mol. The monoisotopic (exact) mass is 510 g/mol. The van der Waals surface area contributed by atoms with Crippen LogP contribution in [-0.2, 0) is 9.53 Å². The number of amides is 3. The van der Waals surface area contributed by atoms with E-state index in [-0.39, 0.29) is 35.6 Å². The maximum Gasteiger partial charge on any atom is 0.407 e. The number of alkyl carbamates (subject to hydrolysis) is 1. The highest BCUT2D eigenvalue weighted by molar-refractivity contribution is 5.94. The maximum absolute atomic E-state index is 13.5. The summed E-state index contributed by atoms with van der Waals surface area (Å²) in [6, 6.07) is 9.46. The second-order valence-corrected chi connectivity index (χ2v) is 10.9. The second-order valence-electron chi connectivity index (χ2n) is 10.9. The van der Waals surface area contributed by atoms with Gasteiger partial charge in [-0.15, -0.1) is 0 Å². The molecule has 4 rings (SSSR count). The Morgan fingerprint density at radius 1 is 1.00 bits per heavy atom. The van der Waals surface area contributed by atoms with Gasteiger partial charge in [0.25, 0.3) is 5.91 Å². The molecule has 1 aliphatic carbocycles. The number of pyridine rings is 1. The van der Waals surface area contributed by atoms with Gasteiger partial charge in [-0.1, -0.05) is 12.1 Å². The third kappa shape index (κ3) is 7.27. The molecule has 2 heterocycles. The highest BCUT2D eigenvalue weighted by Gasteiger charge is 2.35. The van der Waals surface area contributed by atoms with Crippen molar-refractivity contribution in [3.05, 3.63) is 54.0 Å². The summed E-state index contributed by atoms with van der Waals surface area (Å²) in [7, 11) is 0. The van der Waals surface area contributed by atoms with Crippen LogP contribution in [0.25, 0.3) is 11.3 Å².